The molecule has 0 amide bonds. The van der Waals surface area contributed by atoms with Crippen LogP contribution >= 0.6 is 22.6 Å². The summed E-state index contributed by atoms with van der Waals surface area (Å²) >= 11 is 2.51. The van der Waals surface area contributed by atoms with E-state index < -0.39 is 0 Å². The molecule has 4 heteroatoms. The van der Waals surface area contributed by atoms with Crippen LogP contribution in [0.1, 0.15) is 44.9 Å². The predicted molar refractivity (Wildman–Crippen MR) is 78.2 cm³/mol. The van der Waals surface area contributed by atoms with Crippen LogP contribution in [0.4, 0.5) is 0 Å². The number of rotatable bonds is 3. The van der Waals surface area contributed by atoms with Crippen molar-refractivity contribution in [2.75, 3.05) is 13.1 Å². The van der Waals surface area contributed by atoms with Gasteiger partial charge in [-0.3, -0.25) is 9.69 Å². The molecule has 3 nitrogen and oxygen atoms in total. The molecule has 0 radical (unpaired) electrons. The number of hydrogen-bond donors (Lipinski definition) is 1. The molecule has 98 valence electrons. The molecule has 1 aliphatic heterocycles. The fourth-order valence-corrected chi connectivity index (χ4v) is 3.64. The minimum absolute atomic E-state index is 0.119. The summed E-state index contributed by atoms with van der Waals surface area (Å²) in [5.74, 6) is 0.751. The summed E-state index contributed by atoms with van der Waals surface area (Å²) in [5.41, 5.74) is 6.05. The van der Waals surface area contributed by atoms with Gasteiger partial charge in [-0.15, -0.1) is 0 Å². The number of Topliss-reactive ketones (excluding diaryl/α,β-unsaturated/α-hetero) is 1. The van der Waals surface area contributed by atoms with Crippen molar-refractivity contribution >= 4 is 28.4 Å². The van der Waals surface area contributed by atoms with Crippen LogP contribution in [-0.4, -0.2) is 33.9 Å². The first-order valence-corrected chi connectivity index (χ1v) is 8.08. The highest BCUT2D eigenvalue weighted by atomic mass is 127. The first-order valence-electron chi connectivity index (χ1n) is 6.83. The summed E-state index contributed by atoms with van der Waals surface area (Å²) in [4.78, 5) is 14.4. The zero-order chi connectivity index (χ0) is 12.3. The molecule has 0 aromatic carbocycles. The number of alkyl halides is 1. The van der Waals surface area contributed by atoms with Crippen LogP contribution in [0.3, 0.4) is 0 Å². The predicted octanol–water partition coefficient (Wildman–Crippen LogP) is 2.32. The van der Waals surface area contributed by atoms with Gasteiger partial charge in [0.2, 0.25) is 0 Å². The van der Waals surface area contributed by atoms with Gasteiger partial charge in [0.05, 0.1) is 12.7 Å². The van der Waals surface area contributed by atoms with E-state index in [2.05, 4.69) is 27.5 Å². The molecular formula is C13H23IN2O. The number of carbonyl (C=O) groups is 1. The van der Waals surface area contributed by atoms with Gasteiger partial charge in [-0.2, -0.15) is 0 Å². The van der Waals surface area contributed by atoms with E-state index >= 15 is 0 Å². The molecule has 0 aromatic rings. The lowest BCUT2D eigenvalue weighted by Crippen LogP contribution is -2.48. The minimum atomic E-state index is 0.119. The Bertz CT molecular complexity index is 264. The number of hydrogen-bond acceptors (Lipinski definition) is 3. The molecule has 2 fully saturated rings. The van der Waals surface area contributed by atoms with E-state index in [9.17, 15) is 4.79 Å². The number of nitrogens with two attached hydrogens (primary N) is 1. The van der Waals surface area contributed by atoms with Crippen molar-refractivity contribution in [3.05, 3.63) is 0 Å². The van der Waals surface area contributed by atoms with Crippen molar-refractivity contribution in [2.45, 2.75) is 55.0 Å². The fraction of sp³-hybridized carbons (Fsp3) is 0.923. The summed E-state index contributed by atoms with van der Waals surface area (Å²) in [6, 6.07) is 0. The zero-order valence-electron chi connectivity index (χ0n) is 10.4. The third kappa shape index (κ3) is 3.89. The molecule has 1 aliphatic carbocycles. The number of piperidine rings is 1. The highest BCUT2D eigenvalue weighted by Crippen LogP contribution is 2.30. The molecule has 1 atom stereocenters. The number of halogens is 1. The van der Waals surface area contributed by atoms with Gasteiger partial charge in [0, 0.05) is 16.4 Å². The molecule has 2 N–H and O–H groups in total. The summed E-state index contributed by atoms with van der Waals surface area (Å²) in [7, 11) is 0. The van der Waals surface area contributed by atoms with Gasteiger partial charge in [0.15, 0.2) is 0 Å². The molecule has 2 aliphatic rings. The van der Waals surface area contributed by atoms with E-state index in [1.807, 2.05) is 0 Å². The standard InChI is InChI=1S/C13H23IN2O/c14-11-6-4-10(5-7-11)12(17)9-16-8-2-1-3-13(16)15/h10-11,13H,1-9,15H2. The van der Waals surface area contributed by atoms with Gasteiger partial charge < -0.3 is 5.73 Å². The lowest BCUT2D eigenvalue weighted by Gasteiger charge is -2.34. The van der Waals surface area contributed by atoms with Crippen molar-refractivity contribution < 1.29 is 4.79 Å². The highest BCUT2D eigenvalue weighted by Gasteiger charge is 2.28. The molecule has 1 saturated carbocycles. The molecule has 0 aromatic heterocycles. The monoisotopic (exact) mass is 350 g/mol. The number of ketones is 1. The normalized spacial score (nSPS) is 35.8. The summed E-state index contributed by atoms with van der Waals surface area (Å²) in [6.45, 7) is 1.60. The van der Waals surface area contributed by atoms with Gasteiger partial charge in [0.1, 0.15) is 5.78 Å². The molecule has 1 unspecified atom stereocenters. The topological polar surface area (TPSA) is 46.3 Å². The molecular weight excluding hydrogens is 327 g/mol. The Kier molecular flexibility index (Phi) is 5.24. The van der Waals surface area contributed by atoms with E-state index in [4.69, 9.17) is 5.73 Å². The Morgan fingerprint density at radius 2 is 1.88 bits per heavy atom. The van der Waals surface area contributed by atoms with Crippen LogP contribution in [0.25, 0.3) is 0 Å². The van der Waals surface area contributed by atoms with Gasteiger partial charge in [0.25, 0.3) is 0 Å². The van der Waals surface area contributed by atoms with E-state index in [0.29, 0.717) is 18.2 Å². The quantitative estimate of drug-likeness (QED) is 0.628. The SMILES string of the molecule is NC1CCCCN1CC(=O)C1CCC(I)CC1. The molecule has 0 spiro atoms. The highest BCUT2D eigenvalue weighted by molar-refractivity contribution is 14.1. The molecule has 1 saturated heterocycles. The van der Waals surface area contributed by atoms with Crippen molar-refractivity contribution in [1.82, 2.24) is 4.90 Å². The van der Waals surface area contributed by atoms with Crippen LogP contribution in [-0.2, 0) is 4.79 Å². The van der Waals surface area contributed by atoms with Gasteiger partial charge in [-0.05, 0) is 44.9 Å². The average Bonchev–Trinajstić information content (AvgIpc) is 2.33. The zero-order valence-corrected chi connectivity index (χ0v) is 12.6. The smallest absolute Gasteiger partial charge is 0.149 e. The largest absolute Gasteiger partial charge is 0.316 e. The lowest BCUT2D eigenvalue weighted by atomic mass is 9.86. The Labute approximate surface area is 118 Å². The van der Waals surface area contributed by atoms with Crippen LogP contribution in [0, 0.1) is 5.92 Å². The van der Waals surface area contributed by atoms with Gasteiger partial charge >= 0.3 is 0 Å². The maximum atomic E-state index is 12.2. The number of carbonyl (C=O) groups excluding carboxylic acids is 1. The molecule has 2 rings (SSSR count). The van der Waals surface area contributed by atoms with E-state index in [0.717, 1.165) is 29.7 Å². The van der Waals surface area contributed by atoms with E-state index in [1.165, 1.54) is 25.7 Å². The summed E-state index contributed by atoms with van der Waals surface area (Å²) in [5, 5.41) is 0. The van der Waals surface area contributed by atoms with Crippen molar-refractivity contribution in [1.29, 1.82) is 0 Å². The fourth-order valence-electron chi connectivity index (χ4n) is 2.92. The Morgan fingerprint density at radius 1 is 1.18 bits per heavy atom. The van der Waals surface area contributed by atoms with Crippen molar-refractivity contribution in [3.8, 4) is 0 Å². The lowest BCUT2D eigenvalue weighted by molar-refractivity contribution is -0.125. The van der Waals surface area contributed by atoms with Crippen molar-refractivity contribution in [2.24, 2.45) is 11.7 Å². The minimum Gasteiger partial charge on any atom is -0.316 e. The summed E-state index contributed by atoms with van der Waals surface area (Å²) in [6.07, 6.45) is 8.19. The molecule has 1 heterocycles. The average molecular weight is 350 g/mol. The Morgan fingerprint density at radius 3 is 2.53 bits per heavy atom. The maximum Gasteiger partial charge on any atom is 0.149 e. The molecule has 0 bridgehead atoms. The second-order valence-corrected chi connectivity index (χ2v) is 7.21. The van der Waals surface area contributed by atoms with Gasteiger partial charge in [-0.1, -0.05) is 22.6 Å². The Balaban J connectivity index is 1.79. The third-order valence-corrected chi connectivity index (χ3v) is 5.38. The number of nitrogens with zero attached hydrogens (tertiary/aromatic N) is 1. The number of likely N-dealkylation sites (tertiary alicyclic amines) is 1. The van der Waals surface area contributed by atoms with Crippen LogP contribution < -0.4 is 5.73 Å². The van der Waals surface area contributed by atoms with E-state index in [-0.39, 0.29) is 6.17 Å². The van der Waals surface area contributed by atoms with Crippen LogP contribution in [0.15, 0.2) is 0 Å². The van der Waals surface area contributed by atoms with Crippen LogP contribution in [0.2, 0.25) is 0 Å². The van der Waals surface area contributed by atoms with Crippen molar-refractivity contribution in [3.63, 3.8) is 0 Å². The third-order valence-electron chi connectivity index (χ3n) is 4.14. The first kappa shape index (κ1) is 13.7. The van der Waals surface area contributed by atoms with Crippen LogP contribution in [0.5, 0.6) is 0 Å². The second-order valence-electron chi connectivity index (χ2n) is 5.45. The summed E-state index contributed by atoms with van der Waals surface area (Å²) < 4.78 is 0.786. The second kappa shape index (κ2) is 6.48. The maximum absolute atomic E-state index is 12.2. The van der Waals surface area contributed by atoms with E-state index in [1.54, 1.807) is 0 Å². The van der Waals surface area contributed by atoms with Gasteiger partial charge in [-0.25, -0.2) is 0 Å². The molecule has 17 heavy (non-hydrogen) atoms. The first-order chi connectivity index (χ1) is 8.16. The Hall–Kier alpha value is 0.320.